The van der Waals surface area contributed by atoms with E-state index in [1.807, 2.05) is 23.1 Å². The molecule has 0 aliphatic carbocycles. The van der Waals surface area contributed by atoms with Gasteiger partial charge in [-0.3, -0.25) is 4.79 Å². The Morgan fingerprint density at radius 1 is 1.41 bits per heavy atom. The number of nitrogens with one attached hydrogen (secondary N) is 1. The lowest BCUT2D eigenvalue weighted by molar-refractivity contribution is -0.134. The van der Waals surface area contributed by atoms with E-state index in [0.29, 0.717) is 22.9 Å². The van der Waals surface area contributed by atoms with Crippen LogP contribution in [0, 0.1) is 0 Å². The Balaban J connectivity index is 1.66. The first kappa shape index (κ1) is 15.7. The van der Waals surface area contributed by atoms with Crippen LogP contribution in [0.25, 0.3) is 11.0 Å². The van der Waals surface area contributed by atoms with Gasteiger partial charge in [-0.05, 0) is 51.3 Å². The van der Waals surface area contributed by atoms with Crippen LogP contribution in [0.15, 0.2) is 23.4 Å². The van der Waals surface area contributed by atoms with Crippen molar-refractivity contribution in [1.29, 1.82) is 0 Å². The van der Waals surface area contributed by atoms with E-state index in [4.69, 9.17) is 11.6 Å². The number of hydrogen-bond donors (Lipinski definition) is 1. The fraction of sp³-hybridized carbons (Fsp3) is 0.500. The minimum atomic E-state index is 0.197. The van der Waals surface area contributed by atoms with Crippen molar-refractivity contribution in [3.63, 3.8) is 0 Å². The number of nitrogens with zero attached hydrogens (tertiary/aromatic N) is 2. The molecule has 1 aromatic heterocycles. The minimum Gasteiger partial charge on any atom is -0.337 e. The molecule has 1 aromatic carbocycles. The molecule has 2 aromatic rings. The van der Waals surface area contributed by atoms with Crippen LogP contribution >= 0.6 is 23.4 Å². The maximum absolute atomic E-state index is 12.5. The van der Waals surface area contributed by atoms with Crippen molar-refractivity contribution in [3.8, 4) is 0 Å². The Kier molecular flexibility index (Phi) is 4.64. The molecule has 3 rings (SSSR count). The van der Waals surface area contributed by atoms with Gasteiger partial charge in [-0.15, -0.1) is 0 Å². The van der Waals surface area contributed by atoms with Gasteiger partial charge in [0.15, 0.2) is 5.16 Å². The lowest BCUT2D eigenvalue weighted by atomic mass is 9.98. The first-order valence-corrected chi connectivity index (χ1v) is 9.00. The van der Waals surface area contributed by atoms with Gasteiger partial charge < -0.3 is 9.88 Å². The first-order valence-electron chi connectivity index (χ1n) is 7.64. The molecule has 2 atom stereocenters. The molecule has 0 spiro atoms. The van der Waals surface area contributed by atoms with Crippen LogP contribution < -0.4 is 0 Å². The van der Waals surface area contributed by atoms with E-state index in [2.05, 4.69) is 23.8 Å². The topological polar surface area (TPSA) is 49.0 Å². The third kappa shape index (κ3) is 3.25. The van der Waals surface area contributed by atoms with Crippen LogP contribution in [0.1, 0.15) is 33.1 Å². The molecule has 6 heteroatoms. The Labute approximate surface area is 139 Å². The standard InChI is InChI=1S/C16H20ClN3OS/c1-10-4-3-5-11(2)20(10)15(21)9-22-16-18-13-7-6-12(17)8-14(13)19-16/h6-8,10-11H,3-5,9H2,1-2H3,(H,18,19)/t10-,11+. The van der Waals surface area contributed by atoms with Gasteiger partial charge in [0.05, 0.1) is 16.8 Å². The summed E-state index contributed by atoms with van der Waals surface area (Å²) in [5.41, 5.74) is 1.78. The summed E-state index contributed by atoms with van der Waals surface area (Å²) in [6.07, 6.45) is 3.41. The second-order valence-corrected chi connectivity index (χ2v) is 7.32. The molecule has 1 saturated heterocycles. The van der Waals surface area contributed by atoms with Crippen LogP contribution in [0.3, 0.4) is 0 Å². The highest BCUT2D eigenvalue weighted by Gasteiger charge is 2.28. The quantitative estimate of drug-likeness (QED) is 0.858. The molecule has 1 aliphatic heterocycles. The number of fused-ring (bicyclic) bond motifs is 1. The number of likely N-dealkylation sites (tertiary alicyclic amines) is 1. The molecule has 1 amide bonds. The number of hydrogen-bond acceptors (Lipinski definition) is 3. The summed E-state index contributed by atoms with van der Waals surface area (Å²) in [4.78, 5) is 22.2. The van der Waals surface area contributed by atoms with Gasteiger partial charge >= 0.3 is 0 Å². The molecular formula is C16H20ClN3OS. The van der Waals surface area contributed by atoms with Crippen molar-refractivity contribution in [2.75, 3.05) is 5.75 Å². The van der Waals surface area contributed by atoms with Crippen LogP contribution in [-0.2, 0) is 4.79 Å². The van der Waals surface area contributed by atoms with Crippen LogP contribution in [0.5, 0.6) is 0 Å². The average molecular weight is 338 g/mol. The van der Waals surface area contributed by atoms with Crippen LogP contribution in [0.2, 0.25) is 5.02 Å². The maximum atomic E-state index is 12.5. The van der Waals surface area contributed by atoms with E-state index >= 15 is 0 Å². The highest BCUT2D eigenvalue weighted by molar-refractivity contribution is 7.99. The van der Waals surface area contributed by atoms with Crippen molar-refractivity contribution in [2.24, 2.45) is 0 Å². The van der Waals surface area contributed by atoms with Gasteiger partial charge in [0.25, 0.3) is 0 Å². The van der Waals surface area contributed by atoms with Gasteiger partial charge in [-0.1, -0.05) is 23.4 Å². The molecule has 4 nitrogen and oxygen atoms in total. The highest BCUT2D eigenvalue weighted by Crippen LogP contribution is 2.26. The SMILES string of the molecule is C[C@@H]1CCC[C@H](C)N1C(=O)CSc1nc2ccc(Cl)cc2[nH]1. The molecular weight excluding hydrogens is 318 g/mol. The molecule has 2 heterocycles. The van der Waals surface area contributed by atoms with Crippen molar-refractivity contribution < 1.29 is 4.79 Å². The number of thioether (sulfide) groups is 1. The third-order valence-electron chi connectivity index (χ3n) is 4.24. The van der Waals surface area contributed by atoms with E-state index in [0.717, 1.165) is 29.0 Å². The molecule has 0 bridgehead atoms. The second-order valence-electron chi connectivity index (χ2n) is 5.92. The summed E-state index contributed by atoms with van der Waals surface area (Å²) in [6.45, 7) is 4.28. The van der Waals surface area contributed by atoms with Gasteiger partial charge in [0.1, 0.15) is 0 Å². The molecule has 118 valence electrons. The lowest BCUT2D eigenvalue weighted by Crippen LogP contribution is -2.48. The Morgan fingerprint density at radius 3 is 2.86 bits per heavy atom. The Hall–Kier alpha value is -1.20. The van der Waals surface area contributed by atoms with E-state index in [1.165, 1.54) is 18.2 Å². The van der Waals surface area contributed by atoms with Gasteiger partial charge in [0.2, 0.25) is 5.91 Å². The van der Waals surface area contributed by atoms with Crippen LogP contribution in [0.4, 0.5) is 0 Å². The van der Waals surface area contributed by atoms with E-state index in [9.17, 15) is 4.79 Å². The van der Waals surface area contributed by atoms with Crippen molar-refractivity contribution in [3.05, 3.63) is 23.2 Å². The third-order valence-corrected chi connectivity index (χ3v) is 5.33. The average Bonchev–Trinajstić information content (AvgIpc) is 2.87. The number of imidazole rings is 1. The number of amides is 1. The van der Waals surface area contributed by atoms with E-state index in [-0.39, 0.29) is 5.91 Å². The van der Waals surface area contributed by atoms with E-state index in [1.54, 1.807) is 0 Å². The van der Waals surface area contributed by atoms with Gasteiger partial charge in [-0.2, -0.15) is 0 Å². The first-order chi connectivity index (χ1) is 10.5. The molecule has 22 heavy (non-hydrogen) atoms. The predicted octanol–water partition coefficient (Wildman–Crippen LogP) is 4.10. The summed E-state index contributed by atoms with van der Waals surface area (Å²) in [6, 6.07) is 6.23. The number of aromatic amines is 1. The van der Waals surface area contributed by atoms with Crippen molar-refractivity contribution in [2.45, 2.75) is 50.4 Å². The smallest absolute Gasteiger partial charge is 0.233 e. The van der Waals surface area contributed by atoms with Gasteiger partial charge in [0, 0.05) is 17.1 Å². The lowest BCUT2D eigenvalue weighted by Gasteiger charge is -2.39. The molecule has 1 fully saturated rings. The number of H-pyrrole nitrogens is 1. The largest absolute Gasteiger partial charge is 0.337 e. The minimum absolute atomic E-state index is 0.197. The normalized spacial score (nSPS) is 22.2. The maximum Gasteiger partial charge on any atom is 0.233 e. The number of aromatic nitrogens is 2. The second kappa shape index (κ2) is 6.50. The number of carbonyl (C=O) groups excluding carboxylic acids is 1. The zero-order valence-corrected chi connectivity index (χ0v) is 14.4. The zero-order chi connectivity index (χ0) is 15.7. The summed E-state index contributed by atoms with van der Waals surface area (Å²) in [7, 11) is 0. The van der Waals surface area contributed by atoms with E-state index < -0.39 is 0 Å². The number of rotatable bonds is 3. The number of benzene rings is 1. The molecule has 0 unspecified atom stereocenters. The number of carbonyl (C=O) groups is 1. The molecule has 0 radical (unpaired) electrons. The molecule has 1 aliphatic rings. The van der Waals surface area contributed by atoms with Crippen molar-refractivity contribution >= 4 is 40.3 Å². The molecule has 1 N–H and O–H groups in total. The highest BCUT2D eigenvalue weighted by atomic mass is 35.5. The summed E-state index contributed by atoms with van der Waals surface area (Å²) < 4.78 is 0. The fourth-order valence-corrected chi connectivity index (χ4v) is 4.07. The summed E-state index contributed by atoms with van der Waals surface area (Å²) >= 11 is 7.43. The summed E-state index contributed by atoms with van der Waals surface area (Å²) in [5, 5.41) is 1.45. The summed E-state index contributed by atoms with van der Waals surface area (Å²) in [5.74, 6) is 0.616. The van der Waals surface area contributed by atoms with Gasteiger partial charge in [-0.25, -0.2) is 4.98 Å². The Bertz CT molecular complexity index is 677. The monoisotopic (exact) mass is 337 g/mol. The predicted molar refractivity (Wildman–Crippen MR) is 91.4 cm³/mol. The number of halogens is 1. The van der Waals surface area contributed by atoms with Crippen LogP contribution in [-0.4, -0.2) is 38.6 Å². The number of piperidine rings is 1. The Morgan fingerprint density at radius 2 is 2.14 bits per heavy atom. The molecule has 0 saturated carbocycles. The zero-order valence-electron chi connectivity index (χ0n) is 12.8. The fourth-order valence-electron chi connectivity index (χ4n) is 3.14. The van der Waals surface area contributed by atoms with Crippen molar-refractivity contribution in [1.82, 2.24) is 14.9 Å².